The lowest BCUT2D eigenvalue weighted by Gasteiger charge is -2.31. The van der Waals surface area contributed by atoms with Crippen LogP contribution in [0.4, 0.5) is 5.69 Å². The van der Waals surface area contributed by atoms with Crippen molar-refractivity contribution in [3.05, 3.63) is 29.8 Å². The number of nitrogens with zero attached hydrogens (tertiary/aromatic N) is 2. The highest BCUT2D eigenvalue weighted by atomic mass is 16.5. The first-order valence-electron chi connectivity index (χ1n) is 9.31. The molecular formula is C19H28N4O3. The van der Waals surface area contributed by atoms with E-state index >= 15 is 0 Å². The number of likely N-dealkylation sites (tertiary alicyclic amines) is 1. The van der Waals surface area contributed by atoms with Gasteiger partial charge in [0.25, 0.3) is 0 Å². The molecule has 2 fully saturated rings. The second kappa shape index (κ2) is 9.12. The van der Waals surface area contributed by atoms with E-state index in [1.165, 1.54) is 0 Å². The van der Waals surface area contributed by atoms with E-state index in [2.05, 4.69) is 16.3 Å². The number of hydrogen-bond donors (Lipinski definition) is 2. The van der Waals surface area contributed by atoms with Gasteiger partial charge in [0.2, 0.25) is 11.8 Å². The van der Waals surface area contributed by atoms with Crippen LogP contribution in [0.15, 0.2) is 24.3 Å². The number of anilines is 1. The molecule has 2 heterocycles. The van der Waals surface area contributed by atoms with Gasteiger partial charge in [0.15, 0.2) is 0 Å². The molecule has 0 spiro atoms. The van der Waals surface area contributed by atoms with Crippen LogP contribution in [0.3, 0.4) is 0 Å². The van der Waals surface area contributed by atoms with Gasteiger partial charge in [-0.3, -0.25) is 19.4 Å². The smallest absolute Gasteiger partial charge is 0.231 e. The largest absolute Gasteiger partial charge is 0.379 e. The Bertz CT molecular complexity index is 631. The zero-order valence-corrected chi connectivity index (χ0v) is 15.2. The molecule has 0 aliphatic carbocycles. The molecule has 2 aliphatic rings. The van der Waals surface area contributed by atoms with Gasteiger partial charge in [-0.15, -0.1) is 0 Å². The molecular weight excluding hydrogens is 332 g/mol. The summed E-state index contributed by atoms with van der Waals surface area (Å²) in [6.07, 6.45) is 1.74. The summed E-state index contributed by atoms with van der Waals surface area (Å²) >= 11 is 0. The van der Waals surface area contributed by atoms with E-state index in [9.17, 15) is 9.59 Å². The number of nitrogens with two attached hydrogens (primary N) is 1. The average molecular weight is 360 g/mol. The van der Waals surface area contributed by atoms with Gasteiger partial charge in [-0.2, -0.15) is 0 Å². The topological polar surface area (TPSA) is 87.9 Å². The van der Waals surface area contributed by atoms with Gasteiger partial charge in [0.05, 0.1) is 25.7 Å². The minimum atomic E-state index is -0.345. The maximum absolute atomic E-state index is 12.8. The molecule has 1 aromatic carbocycles. The Morgan fingerprint density at radius 1 is 1.15 bits per heavy atom. The number of carbonyl (C=O) groups excluding carboxylic acids is 2. The van der Waals surface area contributed by atoms with Crippen molar-refractivity contribution in [2.75, 3.05) is 51.3 Å². The summed E-state index contributed by atoms with van der Waals surface area (Å²) in [7, 11) is 0. The first-order valence-corrected chi connectivity index (χ1v) is 9.31. The Morgan fingerprint density at radius 3 is 2.69 bits per heavy atom. The van der Waals surface area contributed by atoms with Crippen molar-refractivity contribution >= 4 is 17.5 Å². The van der Waals surface area contributed by atoms with Gasteiger partial charge in [-0.1, -0.05) is 18.2 Å². The molecule has 0 aromatic heterocycles. The number of primary amides is 1. The Hall–Kier alpha value is -1.96. The first-order chi connectivity index (χ1) is 12.6. The number of rotatable bonds is 6. The summed E-state index contributed by atoms with van der Waals surface area (Å²) in [5.74, 6) is -0.435. The zero-order valence-electron chi connectivity index (χ0n) is 15.2. The van der Waals surface area contributed by atoms with Gasteiger partial charge < -0.3 is 15.8 Å². The SMILES string of the molecule is NC(=O)CN1CCCC(C(=O)Nc2ccccc2CN2CCOCC2)C1. The number of para-hydroxylation sites is 1. The number of benzene rings is 1. The predicted octanol–water partition coefficient (Wildman–Crippen LogP) is 0.655. The lowest BCUT2D eigenvalue weighted by atomic mass is 9.96. The molecule has 1 unspecified atom stereocenters. The van der Waals surface area contributed by atoms with Crippen LogP contribution >= 0.6 is 0 Å². The molecule has 3 rings (SSSR count). The van der Waals surface area contributed by atoms with Crippen LogP contribution in [0.25, 0.3) is 0 Å². The molecule has 0 bridgehead atoms. The van der Waals surface area contributed by atoms with Gasteiger partial charge >= 0.3 is 0 Å². The number of carbonyl (C=O) groups is 2. The quantitative estimate of drug-likeness (QED) is 0.778. The Morgan fingerprint density at radius 2 is 1.92 bits per heavy atom. The highest BCUT2D eigenvalue weighted by Gasteiger charge is 2.27. The minimum Gasteiger partial charge on any atom is -0.379 e. The number of piperidine rings is 1. The van der Waals surface area contributed by atoms with Gasteiger partial charge in [0.1, 0.15) is 0 Å². The third-order valence-electron chi connectivity index (χ3n) is 5.03. The van der Waals surface area contributed by atoms with E-state index < -0.39 is 0 Å². The van der Waals surface area contributed by atoms with Gasteiger partial charge in [-0.25, -0.2) is 0 Å². The van der Waals surface area contributed by atoms with Gasteiger partial charge in [0, 0.05) is 31.9 Å². The summed E-state index contributed by atoms with van der Waals surface area (Å²) in [6, 6.07) is 7.96. The number of ether oxygens (including phenoxy) is 1. The van der Waals surface area contributed by atoms with Crippen molar-refractivity contribution < 1.29 is 14.3 Å². The van der Waals surface area contributed by atoms with Crippen LogP contribution in [0.2, 0.25) is 0 Å². The molecule has 1 atom stereocenters. The zero-order chi connectivity index (χ0) is 18.4. The van der Waals surface area contributed by atoms with Crippen molar-refractivity contribution in [2.24, 2.45) is 11.7 Å². The van der Waals surface area contributed by atoms with Gasteiger partial charge in [-0.05, 0) is 31.0 Å². The summed E-state index contributed by atoms with van der Waals surface area (Å²) in [6.45, 7) is 5.76. The van der Waals surface area contributed by atoms with Crippen LogP contribution in [0.1, 0.15) is 18.4 Å². The third kappa shape index (κ3) is 5.27. The highest BCUT2D eigenvalue weighted by molar-refractivity contribution is 5.93. The van der Waals surface area contributed by atoms with E-state index in [1.807, 2.05) is 23.1 Å². The molecule has 0 saturated carbocycles. The van der Waals surface area contributed by atoms with Crippen LogP contribution in [0, 0.1) is 5.92 Å². The lowest BCUT2D eigenvalue weighted by Crippen LogP contribution is -2.44. The minimum absolute atomic E-state index is 0.0218. The summed E-state index contributed by atoms with van der Waals surface area (Å²) in [4.78, 5) is 28.2. The van der Waals surface area contributed by atoms with E-state index in [-0.39, 0.29) is 24.3 Å². The fourth-order valence-corrected chi connectivity index (χ4v) is 3.65. The predicted molar refractivity (Wildman–Crippen MR) is 99.5 cm³/mol. The fraction of sp³-hybridized carbons (Fsp3) is 0.579. The van der Waals surface area contributed by atoms with Crippen LogP contribution in [-0.4, -0.2) is 67.6 Å². The van der Waals surface area contributed by atoms with E-state index in [1.54, 1.807) is 0 Å². The number of morpholine rings is 1. The highest BCUT2D eigenvalue weighted by Crippen LogP contribution is 2.22. The Balaban J connectivity index is 1.60. The fourth-order valence-electron chi connectivity index (χ4n) is 3.65. The molecule has 26 heavy (non-hydrogen) atoms. The average Bonchev–Trinajstić information content (AvgIpc) is 2.64. The standard InChI is InChI=1S/C19H28N4O3/c20-18(24)14-23-7-3-5-16(13-23)19(25)21-17-6-2-1-4-15(17)12-22-8-10-26-11-9-22/h1-2,4,6,16H,3,5,7-14H2,(H2,20,24)(H,21,25). The summed E-state index contributed by atoms with van der Waals surface area (Å²) in [5.41, 5.74) is 7.27. The van der Waals surface area contributed by atoms with Crippen molar-refractivity contribution in [3.8, 4) is 0 Å². The Kier molecular flexibility index (Phi) is 6.60. The molecule has 2 amide bonds. The maximum atomic E-state index is 12.8. The van der Waals surface area contributed by atoms with Crippen molar-refractivity contribution in [3.63, 3.8) is 0 Å². The maximum Gasteiger partial charge on any atom is 0.231 e. The molecule has 0 radical (unpaired) electrons. The van der Waals surface area contributed by atoms with Crippen molar-refractivity contribution in [1.29, 1.82) is 0 Å². The third-order valence-corrected chi connectivity index (χ3v) is 5.03. The number of amides is 2. The Labute approximate surface area is 154 Å². The van der Waals surface area contributed by atoms with Crippen LogP contribution < -0.4 is 11.1 Å². The molecule has 7 nitrogen and oxygen atoms in total. The van der Waals surface area contributed by atoms with E-state index in [4.69, 9.17) is 10.5 Å². The van der Waals surface area contributed by atoms with Crippen molar-refractivity contribution in [2.45, 2.75) is 19.4 Å². The van der Waals surface area contributed by atoms with E-state index in [0.717, 1.165) is 63.5 Å². The van der Waals surface area contributed by atoms with E-state index in [0.29, 0.717) is 6.54 Å². The second-order valence-electron chi connectivity index (χ2n) is 7.08. The van der Waals surface area contributed by atoms with Crippen LogP contribution in [0.5, 0.6) is 0 Å². The van der Waals surface area contributed by atoms with Crippen molar-refractivity contribution in [1.82, 2.24) is 9.80 Å². The molecule has 7 heteroatoms. The number of nitrogens with one attached hydrogen (secondary N) is 1. The molecule has 1 aromatic rings. The molecule has 2 saturated heterocycles. The normalized spacial score (nSPS) is 22.1. The second-order valence-corrected chi connectivity index (χ2v) is 7.08. The molecule has 142 valence electrons. The monoisotopic (exact) mass is 360 g/mol. The molecule has 3 N–H and O–H groups in total. The van der Waals surface area contributed by atoms with Crippen LogP contribution in [-0.2, 0) is 20.9 Å². The molecule has 2 aliphatic heterocycles. The summed E-state index contributed by atoms with van der Waals surface area (Å²) < 4.78 is 5.40. The summed E-state index contributed by atoms with van der Waals surface area (Å²) in [5, 5.41) is 3.10. The first kappa shape index (κ1) is 18.8. The lowest BCUT2D eigenvalue weighted by molar-refractivity contribution is -0.124. The number of hydrogen-bond acceptors (Lipinski definition) is 5.